The highest BCUT2D eigenvalue weighted by Gasteiger charge is 2.24. The van der Waals surface area contributed by atoms with Gasteiger partial charge in [0.2, 0.25) is 5.91 Å². The van der Waals surface area contributed by atoms with E-state index in [0.29, 0.717) is 45.4 Å². The van der Waals surface area contributed by atoms with Crippen molar-refractivity contribution in [1.29, 1.82) is 0 Å². The van der Waals surface area contributed by atoms with Gasteiger partial charge < -0.3 is 30.6 Å². The molecular weight excluding hydrogens is 368 g/mol. The first-order valence-corrected chi connectivity index (χ1v) is 9.25. The number of hydrogen-bond acceptors (Lipinski definition) is 7. The number of carboxylic acids is 1. The fraction of sp³-hybridized carbons (Fsp3) is 0.667. The second-order valence-corrected chi connectivity index (χ2v) is 6.48. The number of amides is 1. The largest absolute Gasteiger partial charge is 0.481 e. The van der Waals surface area contributed by atoms with Crippen LogP contribution in [0.3, 0.4) is 0 Å². The molecule has 0 radical (unpaired) electrons. The Balaban J connectivity index is 2.22. The molecule has 0 saturated heterocycles. The number of aliphatic carboxylic acids is 1. The van der Waals surface area contributed by atoms with Gasteiger partial charge in [0, 0.05) is 38.4 Å². The topological polar surface area (TPSA) is 157 Å². The van der Waals surface area contributed by atoms with Crippen molar-refractivity contribution < 1.29 is 29.0 Å². The second-order valence-electron chi connectivity index (χ2n) is 6.48. The Morgan fingerprint density at radius 3 is 2.75 bits per heavy atom. The molecule has 0 aliphatic heterocycles. The van der Waals surface area contributed by atoms with Crippen molar-refractivity contribution in [2.45, 2.75) is 38.1 Å². The quantitative estimate of drug-likeness (QED) is 0.281. The molecule has 0 bridgehead atoms. The fourth-order valence-electron chi connectivity index (χ4n) is 2.56. The molecule has 158 valence electrons. The Morgan fingerprint density at radius 1 is 1.32 bits per heavy atom. The number of nitrogens with two attached hydrogens (primary N) is 1. The van der Waals surface area contributed by atoms with Crippen molar-refractivity contribution in [1.82, 2.24) is 15.3 Å². The van der Waals surface area contributed by atoms with Gasteiger partial charge in [0.1, 0.15) is 6.61 Å². The molecule has 0 spiro atoms. The maximum absolute atomic E-state index is 12.2. The van der Waals surface area contributed by atoms with E-state index in [1.807, 2.05) is 0 Å². The molecule has 0 aromatic carbocycles. The van der Waals surface area contributed by atoms with Crippen molar-refractivity contribution in [2.24, 2.45) is 11.7 Å². The SMILES string of the molecule is COCCOCC(=O)NCCCC[C@H](CC(=O)[C@@H](N)Cc1cnc[nH]1)C(=O)O. The van der Waals surface area contributed by atoms with Gasteiger partial charge in [0.05, 0.1) is 31.5 Å². The van der Waals surface area contributed by atoms with Gasteiger partial charge in [-0.15, -0.1) is 0 Å². The lowest BCUT2D eigenvalue weighted by Gasteiger charge is -2.15. The standard InChI is InChI=1S/C18H30N4O6/c1-27-6-7-28-11-17(24)21-5-3-2-4-13(18(25)26)8-16(23)15(19)9-14-10-20-12-22-14/h10,12-13,15H,2-9,11,19H2,1H3,(H,20,22)(H,21,24)(H,25,26)/t13-,15+/m1/s1. The van der Waals surface area contributed by atoms with Crippen LogP contribution in [-0.4, -0.2) is 72.3 Å². The summed E-state index contributed by atoms with van der Waals surface area (Å²) in [5.41, 5.74) is 6.60. The first-order chi connectivity index (χ1) is 13.4. The second kappa shape index (κ2) is 13.8. The number of nitrogens with zero attached hydrogens (tertiary/aromatic N) is 1. The summed E-state index contributed by atoms with van der Waals surface area (Å²) < 4.78 is 9.90. The van der Waals surface area contributed by atoms with Crippen molar-refractivity contribution in [3.05, 3.63) is 18.2 Å². The van der Waals surface area contributed by atoms with Gasteiger partial charge in [-0.1, -0.05) is 6.42 Å². The average molecular weight is 398 g/mol. The molecule has 0 unspecified atom stereocenters. The van der Waals surface area contributed by atoms with E-state index >= 15 is 0 Å². The summed E-state index contributed by atoms with van der Waals surface area (Å²) in [4.78, 5) is 41.9. The molecular formula is C18H30N4O6. The number of carbonyl (C=O) groups excluding carboxylic acids is 2. The number of aromatic amines is 1. The Bertz CT molecular complexity index is 593. The molecule has 10 nitrogen and oxygen atoms in total. The lowest BCUT2D eigenvalue weighted by atomic mass is 9.92. The van der Waals surface area contributed by atoms with E-state index in [4.69, 9.17) is 15.2 Å². The lowest BCUT2D eigenvalue weighted by Crippen LogP contribution is -2.35. The van der Waals surface area contributed by atoms with Crippen molar-refractivity contribution >= 4 is 17.7 Å². The van der Waals surface area contributed by atoms with Crippen LogP contribution in [0.15, 0.2) is 12.5 Å². The van der Waals surface area contributed by atoms with Crippen LogP contribution in [0.2, 0.25) is 0 Å². The van der Waals surface area contributed by atoms with Gasteiger partial charge in [0.15, 0.2) is 5.78 Å². The van der Waals surface area contributed by atoms with Gasteiger partial charge in [-0.25, -0.2) is 4.98 Å². The number of carboxylic acid groups (broad SMARTS) is 1. The Morgan fingerprint density at radius 2 is 2.11 bits per heavy atom. The monoisotopic (exact) mass is 398 g/mol. The van der Waals surface area contributed by atoms with Gasteiger partial charge in [-0.3, -0.25) is 14.4 Å². The number of H-pyrrole nitrogens is 1. The molecule has 1 heterocycles. The minimum absolute atomic E-state index is 0.0379. The van der Waals surface area contributed by atoms with Crippen LogP contribution in [0.1, 0.15) is 31.4 Å². The zero-order chi connectivity index (χ0) is 20.8. The van der Waals surface area contributed by atoms with E-state index in [2.05, 4.69) is 15.3 Å². The molecule has 2 atom stereocenters. The van der Waals surface area contributed by atoms with Crippen LogP contribution in [-0.2, 0) is 30.3 Å². The molecule has 28 heavy (non-hydrogen) atoms. The molecule has 1 amide bonds. The number of Topliss-reactive ketones (excluding diaryl/α,β-unsaturated/α-hetero) is 1. The molecule has 0 aliphatic carbocycles. The number of imidazole rings is 1. The molecule has 0 aliphatic rings. The van der Waals surface area contributed by atoms with Crippen LogP contribution in [0, 0.1) is 5.92 Å². The molecule has 0 saturated carbocycles. The number of rotatable bonds is 16. The first kappa shape index (κ1) is 23.7. The predicted octanol–water partition coefficient (Wildman–Crippen LogP) is -0.111. The lowest BCUT2D eigenvalue weighted by molar-refractivity contribution is -0.144. The molecule has 0 fully saturated rings. The number of ether oxygens (including phenoxy) is 2. The number of unbranched alkanes of at least 4 members (excludes halogenated alkanes) is 1. The van der Waals surface area contributed by atoms with Crippen molar-refractivity contribution in [2.75, 3.05) is 33.5 Å². The van der Waals surface area contributed by atoms with E-state index in [1.165, 1.54) is 6.33 Å². The van der Waals surface area contributed by atoms with Gasteiger partial charge in [-0.05, 0) is 12.8 Å². The third-order valence-corrected chi connectivity index (χ3v) is 4.17. The van der Waals surface area contributed by atoms with E-state index in [0.717, 1.165) is 5.69 Å². The summed E-state index contributed by atoms with van der Waals surface area (Å²) in [6, 6.07) is -0.764. The van der Waals surface area contributed by atoms with Crippen LogP contribution in [0.4, 0.5) is 0 Å². The molecule has 1 aromatic heterocycles. The summed E-state index contributed by atoms with van der Waals surface area (Å²) in [5, 5.41) is 12.0. The molecule has 1 rings (SSSR count). The summed E-state index contributed by atoms with van der Waals surface area (Å²) in [7, 11) is 1.55. The maximum atomic E-state index is 12.2. The maximum Gasteiger partial charge on any atom is 0.306 e. The van der Waals surface area contributed by atoms with E-state index in [-0.39, 0.29) is 24.7 Å². The minimum Gasteiger partial charge on any atom is -0.481 e. The first-order valence-electron chi connectivity index (χ1n) is 9.25. The number of aromatic nitrogens is 2. The molecule has 1 aromatic rings. The minimum atomic E-state index is -1.02. The normalized spacial score (nSPS) is 13.1. The van der Waals surface area contributed by atoms with Crippen LogP contribution in [0.5, 0.6) is 0 Å². The van der Waals surface area contributed by atoms with Crippen LogP contribution < -0.4 is 11.1 Å². The van der Waals surface area contributed by atoms with Crippen molar-refractivity contribution in [3.8, 4) is 0 Å². The molecule has 10 heteroatoms. The predicted molar refractivity (Wildman–Crippen MR) is 101 cm³/mol. The fourth-order valence-corrected chi connectivity index (χ4v) is 2.56. The zero-order valence-corrected chi connectivity index (χ0v) is 16.2. The summed E-state index contributed by atoms with van der Waals surface area (Å²) in [6.45, 7) is 1.16. The van der Waals surface area contributed by atoms with Crippen LogP contribution in [0.25, 0.3) is 0 Å². The van der Waals surface area contributed by atoms with Gasteiger partial charge in [0.25, 0.3) is 0 Å². The van der Waals surface area contributed by atoms with Gasteiger partial charge in [-0.2, -0.15) is 0 Å². The third kappa shape index (κ3) is 10.1. The highest BCUT2D eigenvalue weighted by Crippen LogP contribution is 2.15. The summed E-state index contributed by atoms with van der Waals surface area (Å²) >= 11 is 0. The number of methoxy groups -OCH3 is 1. The number of nitrogens with one attached hydrogen (secondary N) is 2. The van der Waals surface area contributed by atoms with E-state index in [1.54, 1.807) is 13.3 Å². The molecule has 5 N–H and O–H groups in total. The summed E-state index contributed by atoms with van der Waals surface area (Å²) in [5.74, 6) is -2.32. The van der Waals surface area contributed by atoms with E-state index < -0.39 is 17.9 Å². The van der Waals surface area contributed by atoms with Gasteiger partial charge >= 0.3 is 5.97 Å². The number of carbonyl (C=O) groups is 3. The van der Waals surface area contributed by atoms with Crippen molar-refractivity contribution in [3.63, 3.8) is 0 Å². The Labute approximate surface area is 164 Å². The Hall–Kier alpha value is -2.30. The Kier molecular flexibility index (Phi) is 11.7. The summed E-state index contributed by atoms with van der Waals surface area (Å²) in [6.07, 6.45) is 4.80. The number of ketones is 1. The van der Waals surface area contributed by atoms with E-state index in [9.17, 15) is 19.5 Å². The number of hydrogen-bond donors (Lipinski definition) is 4. The van der Waals surface area contributed by atoms with Crippen LogP contribution >= 0.6 is 0 Å². The highest BCUT2D eigenvalue weighted by molar-refractivity contribution is 5.87. The smallest absolute Gasteiger partial charge is 0.306 e. The highest BCUT2D eigenvalue weighted by atomic mass is 16.5. The average Bonchev–Trinajstić information content (AvgIpc) is 3.16. The zero-order valence-electron chi connectivity index (χ0n) is 16.2. The third-order valence-electron chi connectivity index (χ3n) is 4.17.